The van der Waals surface area contributed by atoms with Gasteiger partial charge in [-0.2, -0.15) is 0 Å². The van der Waals surface area contributed by atoms with Gasteiger partial charge in [0.25, 0.3) is 5.91 Å². The van der Waals surface area contributed by atoms with E-state index in [1.165, 1.54) is 9.80 Å². The Morgan fingerprint density at radius 2 is 1.77 bits per heavy atom. The average molecular weight is 409 g/mol. The zero-order chi connectivity index (χ0) is 22.0. The minimum absolute atomic E-state index is 0.110. The second-order valence-electron chi connectivity index (χ2n) is 7.72. The van der Waals surface area contributed by atoms with Crippen LogP contribution in [0.3, 0.4) is 0 Å². The van der Waals surface area contributed by atoms with Gasteiger partial charge in [0, 0.05) is 12.7 Å². The molecule has 2 aromatic carbocycles. The summed E-state index contributed by atoms with van der Waals surface area (Å²) >= 11 is 0. The van der Waals surface area contributed by atoms with E-state index in [1.807, 2.05) is 39.0 Å². The van der Waals surface area contributed by atoms with Gasteiger partial charge in [0.1, 0.15) is 12.3 Å². The average Bonchev–Trinajstić information content (AvgIpc) is 2.68. The van der Waals surface area contributed by atoms with Gasteiger partial charge in [-0.15, -0.1) is 0 Å². The number of carbonyl (C=O) groups excluding carboxylic acids is 3. The number of hydrogen-bond acceptors (Lipinski definition) is 4. The van der Waals surface area contributed by atoms with E-state index < -0.39 is 6.10 Å². The van der Waals surface area contributed by atoms with Crippen LogP contribution in [-0.4, -0.2) is 48.9 Å². The summed E-state index contributed by atoms with van der Waals surface area (Å²) in [6, 6.07) is 11.1. The summed E-state index contributed by atoms with van der Waals surface area (Å²) in [5, 5.41) is 2.89. The maximum atomic E-state index is 12.8. The third-order valence-corrected chi connectivity index (χ3v) is 5.11. The van der Waals surface area contributed by atoms with Crippen LogP contribution in [0.2, 0.25) is 0 Å². The van der Waals surface area contributed by atoms with Crippen LogP contribution in [0.1, 0.15) is 23.6 Å². The third-order valence-electron chi connectivity index (χ3n) is 5.11. The number of benzene rings is 2. The smallest absolute Gasteiger partial charge is 0.268 e. The van der Waals surface area contributed by atoms with E-state index in [4.69, 9.17) is 4.74 Å². The van der Waals surface area contributed by atoms with Crippen molar-refractivity contribution in [2.45, 2.75) is 33.8 Å². The van der Waals surface area contributed by atoms with Crippen LogP contribution in [0.25, 0.3) is 0 Å². The molecule has 0 aliphatic carbocycles. The molecule has 1 heterocycles. The molecule has 3 rings (SSSR count). The summed E-state index contributed by atoms with van der Waals surface area (Å²) in [6.07, 6.45) is -0.672. The minimum Gasteiger partial charge on any atom is -0.479 e. The first kappa shape index (κ1) is 21.4. The van der Waals surface area contributed by atoms with Crippen LogP contribution in [0.15, 0.2) is 36.4 Å². The molecule has 30 heavy (non-hydrogen) atoms. The van der Waals surface area contributed by atoms with Crippen LogP contribution in [0.4, 0.5) is 11.4 Å². The van der Waals surface area contributed by atoms with Gasteiger partial charge in [-0.3, -0.25) is 19.3 Å². The molecule has 2 aromatic rings. The summed E-state index contributed by atoms with van der Waals surface area (Å²) in [5.74, 6) is -0.350. The van der Waals surface area contributed by atoms with Gasteiger partial charge in [-0.05, 0) is 51.0 Å². The van der Waals surface area contributed by atoms with Gasteiger partial charge in [-0.1, -0.05) is 29.8 Å². The Balaban J connectivity index is 1.66. The van der Waals surface area contributed by atoms with Crippen molar-refractivity contribution < 1.29 is 19.1 Å². The molecule has 0 bridgehead atoms. The van der Waals surface area contributed by atoms with Gasteiger partial charge in [0.05, 0.1) is 12.2 Å². The molecule has 7 nitrogen and oxygen atoms in total. The number of hydrogen-bond donors (Lipinski definition) is 1. The highest BCUT2D eigenvalue weighted by Crippen LogP contribution is 2.33. The second-order valence-corrected chi connectivity index (χ2v) is 7.72. The summed E-state index contributed by atoms with van der Waals surface area (Å²) in [6.45, 7) is 7.26. The molecule has 7 heteroatoms. The van der Waals surface area contributed by atoms with Crippen LogP contribution < -0.4 is 15.0 Å². The van der Waals surface area contributed by atoms with Crippen LogP contribution in [0.5, 0.6) is 5.75 Å². The zero-order valence-corrected chi connectivity index (χ0v) is 18.0. The van der Waals surface area contributed by atoms with Crippen molar-refractivity contribution in [3.63, 3.8) is 0 Å². The molecular formula is C23H27N3O4. The van der Waals surface area contributed by atoms with Crippen molar-refractivity contribution in [2.24, 2.45) is 0 Å². The Kier molecular flexibility index (Phi) is 6.10. The van der Waals surface area contributed by atoms with Crippen LogP contribution in [0, 0.1) is 20.8 Å². The number of anilines is 2. The first-order chi connectivity index (χ1) is 14.2. The normalized spacial score (nSPS) is 15.3. The first-order valence-electron chi connectivity index (χ1n) is 9.86. The standard InChI is InChI=1S/C23H27N3O4/c1-14-10-15(2)22(16(3)11-14)24-20(27)12-25(5)21(28)13-26-18-8-6-7-9-19(18)30-17(4)23(26)29/h6-11,17H,12-13H2,1-5H3,(H,24,27)/t17-/m0/s1. The monoisotopic (exact) mass is 409 g/mol. The van der Waals surface area contributed by atoms with Crippen molar-refractivity contribution >= 4 is 29.1 Å². The Hall–Kier alpha value is -3.35. The molecule has 0 aromatic heterocycles. The molecular weight excluding hydrogens is 382 g/mol. The van der Waals surface area contributed by atoms with Gasteiger partial charge in [-0.25, -0.2) is 0 Å². The second kappa shape index (κ2) is 8.57. The van der Waals surface area contributed by atoms with E-state index in [2.05, 4.69) is 5.32 Å². The molecule has 0 spiro atoms. The SMILES string of the molecule is Cc1cc(C)c(NC(=O)CN(C)C(=O)CN2C(=O)[C@H](C)Oc3ccccc32)c(C)c1. The van der Waals surface area contributed by atoms with E-state index in [9.17, 15) is 14.4 Å². The number of aryl methyl sites for hydroxylation is 3. The molecule has 1 aliphatic heterocycles. The quantitative estimate of drug-likeness (QED) is 0.824. The number of nitrogens with zero attached hydrogens (tertiary/aromatic N) is 2. The molecule has 1 N–H and O–H groups in total. The van der Waals surface area contributed by atoms with E-state index in [0.29, 0.717) is 11.4 Å². The molecule has 0 fully saturated rings. The number of fused-ring (bicyclic) bond motifs is 1. The predicted octanol–water partition coefficient (Wildman–Crippen LogP) is 2.82. The maximum absolute atomic E-state index is 12.8. The van der Waals surface area contributed by atoms with E-state index in [1.54, 1.807) is 32.2 Å². The summed E-state index contributed by atoms with van der Waals surface area (Å²) < 4.78 is 5.60. The van der Waals surface area contributed by atoms with Crippen LogP contribution >= 0.6 is 0 Å². The molecule has 0 unspecified atom stereocenters. The molecule has 1 aliphatic rings. The molecule has 158 valence electrons. The first-order valence-corrected chi connectivity index (χ1v) is 9.86. The fraction of sp³-hybridized carbons (Fsp3) is 0.348. The number of likely N-dealkylation sites (N-methyl/N-ethyl adjacent to an activating group) is 1. The largest absolute Gasteiger partial charge is 0.479 e. The van der Waals surface area contributed by atoms with Gasteiger partial charge in [0.15, 0.2) is 6.10 Å². The van der Waals surface area contributed by atoms with Crippen molar-refractivity contribution in [3.05, 3.63) is 53.1 Å². The number of amides is 3. The van der Waals surface area contributed by atoms with Crippen molar-refractivity contribution in [1.82, 2.24) is 4.90 Å². The Morgan fingerprint density at radius 1 is 1.13 bits per heavy atom. The van der Waals surface area contributed by atoms with Gasteiger partial charge >= 0.3 is 0 Å². The van der Waals surface area contributed by atoms with Crippen molar-refractivity contribution in [2.75, 3.05) is 30.4 Å². The lowest BCUT2D eigenvalue weighted by Crippen LogP contribution is -2.49. The van der Waals surface area contributed by atoms with Gasteiger partial charge < -0.3 is 15.0 Å². The highest BCUT2D eigenvalue weighted by atomic mass is 16.5. The molecule has 0 saturated heterocycles. The molecule has 0 saturated carbocycles. The van der Waals surface area contributed by atoms with E-state index in [0.717, 1.165) is 22.4 Å². The van der Waals surface area contributed by atoms with Crippen molar-refractivity contribution in [1.29, 1.82) is 0 Å². The summed E-state index contributed by atoms with van der Waals surface area (Å²) in [4.78, 5) is 40.6. The third kappa shape index (κ3) is 4.45. The van der Waals surface area contributed by atoms with E-state index >= 15 is 0 Å². The minimum atomic E-state index is -0.672. The maximum Gasteiger partial charge on any atom is 0.268 e. The predicted molar refractivity (Wildman–Crippen MR) is 116 cm³/mol. The van der Waals surface area contributed by atoms with Gasteiger partial charge in [0.2, 0.25) is 11.8 Å². The zero-order valence-electron chi connectivity index (χ0n) is 18.0. The lowest BCUT2D eigenvalue weighted by Gasteiger charge is -2.33. The number of ether oxygens (including phenoxy) is 1. The molecule has 3 amide bonds. The Bertz CT molecular complexity index is 979. The highest BCUT2D eigenvalue weighted by Gasteiger charge is 2.33. The highest BCUT2D eigenvalue weighted by molar-refractivity contribution is 6.04. The number of para-hydroxylation sites is 2. The number of nitrogens with one attached hydrogen (secondary N) is 1. The molecule has 0 radical (unpaired) electrons. The Morgan fingerprint density at radius 3 is 2.43 bits per heavy atom. The Labute approximate surface area is 176 Å². The fourth-order valence-electron chi connectivity index (χ4n) is 3.64. The summed E-state index contributed by atoms with van der Waals surface area (Å²) in [7, 11) is 1.55. The van der Waals surface area contributed by atoms with Crippen molar-refractivity contribution in [3.8, 4) is 5.75 Å². The van der Waals surface area contributed by atoms with E-state index in [-0.39, 0.29) is 30.8 Å². The number of rotatable bonds is 5. The lowest BCUT2D eigenvalue weighted by atomic mass is 10.1. The summed E-state index contributed by atoms with van der Waals surface area (Å²) in [5.41, 5.74) is 4.38. The lowest BCUT2D eigenvalue weighted by molar-refractivity contribution is -0.134. The molecule has 1 atom stereocenters. The number of carbonyl (C=O) groups is 3. The topological polar surface area (TPSA) is 79.0 Å². The fourth-order valence-corrected chi connectivity index (χ4v) is 3.64. The van der Waals surface area contributed by atoms with Crippen LogP contribution in [-0.2, 0) is 14.4 Å².